The van der Waals surface area contributed by atoms with E-state index in [-0.39, 0.29) is 0 Å². The maximum absolute atomic E-state index is 5.24. The van der Waals surface area contributed by atoms with Crippen LogP contribution in [0.25, 0.3) is 0 Å². The predicted octanol–water partition coefficient (Wildman–Crippen LogP) is 1.86. The van der Waals surface area contributed by atoms with Crippen LogP contribution in [0.3, 0.4) is 0 Å². The molecule has 11 heavy (non-hydrogen) atoms. The number of ether oxygens (including phenoxy) is 1. The van der Waals surface area contributed by atoms with Gasteiger partial charge in [0.1, 0.15) is 10.7 Å². The van der Waals surface area contributed by atoms with Crippen molar-refractivity contribution >= 4 is 17.2 Å². The molecule has 0 atom stereocenters. The Balaban J connectivity index is 3.44. The highest BCUT2D eigenvalue weighted by molar-refractivity contribution is 7.80. The molecule has 0 spiro atoms. The number of thiocarbonyl (C=S) groups is 1. The Morgan fingerprint density at radius 3 is 2.73 bits per heavy atom. The molecule has 1 N–H and O–H groups in total. The van der Waals surface area contributed by atoms with Crippen molar-refractivity contribution < 1.29 is 4.74 Å². The van der Waals surface area contributed by atoms with Crippen LogP contribution in [0.4, 0.5) is 0 Å². The quantitative estimate of drug-likeness (QED) is 0.297. The first kappa shape index (κ1) is 10.4. The zero-order valence-corrected chi connectivity index (χ0v) is 7.96. The summed E-state index contributed by atoms with van der Waals surface area (Å²) in [6.07, 6.45) is 2.17. The summed E-state index contributed by atoms with van der Waals surface area (Å²) in [7, 11) is 1.76. The van der Waals surface area contributed by atoms with Gasteiger partial charge in [0, 0.05) is 7.05 Å². The molecule has 0 rings (SSSR count). The normalized spacial score (nSPS) is 8.91. The number of unbranched alkanes of at least 4 members (excludes halogenated alkanes) is 1. The van der Waals surface area contributed by atoms with Crippen molar-refractivity contribution in [3.05, 3.63) is 12.3 Å². The summed E-state index contributed by atoms with van der Waals surface area (Å²) in [4.78, 5) is 0.584. The van der Waals surface area contributed by atoms with E-state index in [0.717, 1.165) is 12.8 Å². The third kappa shape index (κ3) is 4.79. The van der Waals surface area contributed by atoms with Gasteiger partial charge in [-0.25, -0.2) is 0 Å². The minimum absolute atomic E-state index is 0.566. The Hall–Kier alpha value is -0.570. The van der Waals surface area contributed by atoms with Crippen molar-refractivity contribution in [2.24, 2.45) is 0 Å². The lowest BCUT2D eigenvalue weighted by Gasteiger charge is -2.08. The van der Waals surface area contributed by atoms with Crippen molar-refractivity contribution in [2.75, 3.05) is 13.7 Å². The van der Waals surface area contributed by atoms with Crippen LogP contribution in [0.15, 0.2) is 12.3 Å². The van der Waals surface area contributed by atoms with Gasteiger partial charge < -0.3 is 10.1 Å². The molecule has 3 heteroatoms. The molecule has 0 fully saturated rings. The maximum Gasteiger partial charge on any atom is 0.146 e. The molecule has 0 aliphatic heterocycles. The van der Waals surface area contributed by atoms with Gasteiger partial charge in [-0.2, -0.15) is 0 Å². The van der Waals surface area contributed by atoms with E-state index in [2.05, 4.69) is 18.8 Å². The monoisotopic (exact) mass is 173 g/mol. The molecule has 0 heterocycles. The Bertz CT molecular complexity index is 145. The highest BCUT2D eigenvalue weighted by Gasteiger charge is 1.98. The molecule has 0 aromatic rings. The summed E-state index contributed by atoms with van der Waals surface area (Å²) in [5.41, 5.74) is 0. The van der Waals surface area contributed by atoms with E-state index in [9.17, 15) is 0 Å². The molecule has 0 bridgehead atoms. The molecule has 0 aliphatic rings. The van der Waals surface area contributed by atoms with Gasteiger partial charge in [-0.3, -0.25) is 0 Å². The topological polar surface area (TPSA) is 21.3 Å². The molecule has 0 aromatic heterocycles. The first-order valence-corrected chi connectivity index (χ1v) is 4.17. The lowest BCUT2D eigenvalue weighted by atomic mass is 10.4. The number of hydrogen-bond donors (Lipinski definition) is 1. The lowest BCUT2D eigenvalue weighted by molar-refractivity contribution is 0.227. The zero-order chi connectivity index (χ0) is 8.69. The summed E-state index contributed by atoms with van der Waals surface area (Å²) in [6, 6.07) is 0. The second-order valence-electron chi connectivity index (χ2n) is 2.20. The van der Waals surface area contributed by atoms with E-state index < -0.39 is 0 Å². The van der Waals surface area contributed by atoms with Gasteiger partial charge in [0.2, 0.25) is 0 Å². The van der Waals surface area contributed by atoms with Crippen LogP contribution >= 0.6 is 12.2 Å². The molecular weight excluding hydrogens is 158 g/mol. The van der Waals surface area contributed by atoms with Gasteiger partial charge in [0.15, 0.2) is 0 Å². The average molecular weight is 173 g/mol. The third-order valence-electron chi connectivity index (χ3n) is 1.25. The number of likely N-dealkylation sites (N-methyl/N-ethyl adjacent to an activating group) is 1. The molecule has 0 saturated carbocycles. The summed E-state index contributed by atoms with van der Waals surface area (Å²) in [5, 5.41) is 2.80. The highest BCUT2D eigenvalue weighted by atomic mass is 32.1. The Labute approximate surface area is 73.6 Å². The van der Waals surface area contributed by atoms with E-state index in [0.29, 0.717) is 17.4 Å². The first-order valence-electron chi connectivity index (χ1n) is 3.76. The van der Waals surface area contributed by atoms with E-state index >= 15 is 0 Å². The van der Waals surface area contributed by atoms with Crippen LogP contribution in [0, 0.1) is 0 Å². The van der Waals surface area contributed by atoms with Gasteiger partial charge >= 0.3 is 0 Å². The Kier molecular flexibility index (Phi) is 5.84. The summed E-state index contributed by atoms with van der Waals surface area (Å²) < 4.78 is 5.24. The predicted molar refractivity (Wildman–Crippen MR) is 51.7 cm³/mol. The zero-order valence-electron chi connectivity index (χ0n) is 7.14. The standard InChI is InChI=1S/C8H15NOS/c1-4-5-6-10-7(2)8(11)9-3/h2,4-6H2,1,3H3,(H,9,11). The van der Waals surface area contributed by atoms with Crippen molar-refractivity contribution in [1.29, 1.82) is 0 Å². The van der Waals surface area contributed by atoms with Crippen molar-refractivity contribution in [1.82, 2.24) is 5.32 Å². The first-order chi connectivity index (χ1) is 5.22. The molecule has 64 valence electrons. The van der Waals surface area contributed by atoms with Crippen LogP contribution < -0.4 is 5.32 Å². The van der Waals surface area contributed by atoms with E-state index in [1.54, 1.807) is 7.05 Å². The van der Waals surface area contributed by atoms with Crippen LogP contribution in [0.1, 0.15) is 19.8 Å². The van der Waals surface area contributed by atoms with Crippen molar-refractivity contribution in [3.8, 4) is 0 Å². The van der Waals surface area contributed by atoms with Crippen LogP contribution in [0.2, 0.25) is 0 Å². The lowest BCUT2D eigenvalue weighted by Crippen LogP contribution is -2.19. The number of nitrogens with one attached hydrogen (secondary N) is 1. The van der Waals surface area contributed by atoms with Gasteiger partial charge in [0.25, 0.3) is 0 Å². The van der Waals surface area contributed by atoms with Crippen LogP contribution in [-0.2, 0) is 4.74 Å². The Morgan fingerprint density at radius 2 is 2.27 bits per heavy atom. The molecular formula is C8H15NOS. The Morgan fingerprint density at radius 1 is 1.64 bits per heavy atom. The smallest absolute Gasteiger partial charge is 0.146 e. The van der Waals surface area contributed by atoms with Crippen molar-refractivity contribution in [3.63, 3.8) is 0 Å². The minimum atomic E-state index is 0.566. The van der Waals surface area contributed by atoms with Crippen LogP contribution in [0.5, 0.6) is 0 Å². The average Bonchev–Trinajstić information content (AvgIpc) is 2.03. The van der Waals surface area contributed by atoms with Gasteiger partial charge in [-0.05, 0) is 6.42 Å². The SMILES string of the molecule is C=C(OCCCC)C(=S)NC. The molecule has 0 aliphatic carbocycles. The number of rotatable bonds is 5. The van der Waals surface area contributed by atoms with Crippen LogP contribution in [-0.4, -0.2) is 18.6 Å². The maximum atomic E-state index is 5.24. The van der Waals surface area contributed by atoms with Gasteiger partial charge in [-0.1, -0.05) is 32.1 Å². The highest BCUT2D eigenvalue weighted by Crippen LogP contribution is 1.97. The molecule has 2 nitrogen and oxygen atoms in total. The second kappa shape index (κ2) is 6.16. The fourth-order valence-electron chi connectivity index (χ4n) is 0.545. The largest absolute Gasteiger partial charge is 0.491 e. The van der Waals surface area contributed by atoms with Gasteiger partial charge in [0.05, 0.1) is 6.61 Å². The fourth-order valence-corrected chi connectivity index (χ4v) is 0.604. The van der Waals surface area contributed by atoms with Gasteiger partial charge in [-0.15, -0.1) is 0 Å². The molecule has 0 unspecified atom stereocenters. The second-order valence-corrected chi connectivity index (χ2v) is 2.61. The molecule has 0 amide bonds. The summed E-state index contributed by atoms with van der Waals surface area (Å²) in [5.74, 6) is 0.566. The van der Waals surface area contributed by atoms with E-state index in [1.807, 2.05) is 0 Å². The van der Waals surface area contributed by atoms with Crippen molar-refractivity contribution in [2.45, 2.75) is 19.8 Å². The molecule has 0 saturated heterocycles. The number of hydrogen-bond acceptors (Lipinski definition) is 2. The third-order valence-corrected chi connectivity index (χ3v) is 1.69. The minimum Gasteiger partial charge on any atom is -0.491 e. The van der Waals surface area contributed by atoms with E-state index in [4.69, 9.17) is 17.0 Å². The summed E-state index contributed by atoms with van der Waals surface area (Å²) in [6.45, 7) is 6.49. The fraction of sp³-hybridized carbons (Fsp3) is 0.625. The molecule has 0 aromatic carbocycles. The summed E-state index contributed by atoms with van der Waals surface area (Å²) >= 11 is 4.89. The van der Waals surface area contributed by atoms with E-state index in [1.165, 1.54) is 0 Å². The molecule has 0 radical (unpaired) electrons.